The first-order valence-corrected chi connectivity index (χ1v) is 17.0. The average Bonchev–Trinajstić information content (AvgIpc) is 3.71. The van der Waals surface area contributed by atoms with Gasteiger partial charge in [0.15, 0.2) is 12.2 Å². The molecule has 0 N–H and O–H groups in total. The van der Waals surface area contributed by atoms with Crippen LogP contribution in [0.1, 0.15) is 72.1 Å². The summed E-state index contributed by atoms with van der Waals surface area (Å²) < 4.78 is 34.1. The van der Waals surface area contributed by atoms with Gasteiger partial charge >= 0.3 is 17.9 Å². The van der Waals surface area contributed by atoms with Gasteiger partial charge in [-0.15, -0.1) is 6.58 Å². The van der Waals surface area contributed by atoms with Gasteiger partial charge in [0.05, 0.1) is 24.3 Å². The standard InChI is InChI=1S/C40H44O9/c1-3-5-6-7-8-9-10-11-12-36(41)48-34-26-45-38-35(27-46-37(34)38)49-40(43)30-15-13-28(14-16-30)29-17-23-33(24-18-29)47-39(42)31-19-21-32(22-20-31)44-25-4-2/h3-4,13-24,34-35,37-38H,1-2,5-12,25-27H2. The summed E-state index contributed by atoms with van der Waals surface area (Å²) in [6.45, 7) is 8.13. The zero-order valence-corrected chi connectivity index (χ0v) is 27.8. The van der Waals surface area contributed by atoms with Crippen LogP contribution in [0.5, 0.6) is 11.5 Å². The van der Waals surface area contributed by atoms with E-state index >= 15 is 0 Å². The number of hydrogen-bond acceptors (Lipinski definition) is 9. The van der Waals surface area contributed by atoms with Crippen LogP contribution >= 0.6 is 0 Å². The third kappa shape index (κ3) is 10.1. The largest absolute Gasteiger partial charge is 0.490 e. The van der Waals surface area contributed by atoms with Crippen molar-refractivity contribution >= 4 is 17.9 Å². The number of allylic oxidation sites excluding steroid dienone is 1. The molecule has 2 fully saturated rings. The van der Waals surface area contributed by atoms with E-state index in [1.54, 1.807) is 54.6 Å². The fourth-order valence-corrected chi connectivity index (χ4v) is 5.85. The molecular weight excluding hydrogens is 624 g/mol. The Morgan fingerprint density at radius 1 is 0.633 bits per heavy atom. The highest BCUT2D eigenvalue weighted by molar-refractivity contribution is 5.91. The lowest BCUT2D eigenvalue weighted by molar-refractivity contribution is -0.153. The number of rotatable bonds is 18. The first-order valence-electron chi connectivity index (χ1n) is 17.0. The van der Waals surface area contributed by atoms with Crippen molar-refractivity contribution in [3.05, 3.63) is 109 Å². The van der Waals surface area contributed by atoms with Gasteiger partial charge in [0.2, 0.25) is 0 Å². The van der Waals surface area contributed by atoms with Crippen molar-refractivity contribution in [2.24, 2.45) is 0 Å². The molecule has 0 saturated carbocycles. The van der Waals surface area contributed by atoms with Crippen molar-refractivity contribution in [1.29, 1.82) is 0 Å². The molecule has 0 amide bonds. The van der Waals surface area contributed by atoms with Crippen LogP contribution in [0.15, 0.2) is 98.1 Å². The Balaban J connectivity index is 1.04. The van der Waals surface area contributed by atoms with Gasteiger partial charge in [0.25, 0.3) is 0 Å². The second kappa shape index (κ2) is 18.1. The van der Waals surface area contributed by atoms with Gasteiger partial charge in [0.1, 0.15) is 30.3 Å². The summed E-state index contributed by atoms with van der Waals surface area (Å²) in [4.78, 5) is 38.0. The maximum absolute atomic E-state index is 13.0. The van der Waals surface area contributed by atoms with Crippen LogP contribution < -0.4 is 9.47 Å². The van der Waals surface area contributed by atoms with E-state index in [1.165, 1.54) is 19.3 Å². The van der Waals surface area contributed by atoms with Crippen molar-refractivity contribution in [1.82, 2.24) is 0 Å². The number of ether oxygens (including phenoxy) is 6. The summed E-state index contributed by atoms with van der Waals surface area (Å²) >= 11 is 0. The van der Waals surface area contributed by atoms with Crippen molar-refractivity contribution in [2.75, 3.05) is 19.8 Å². The molecule has 3 aromatic rings. The van der Waals surface area contributed by atoms with E-state index in [9.17, 15) is 14.4 Å². The molecule has 2 aliphatic rings. The quantitative estimate of drug-likeness (QED) is 0.0584. The summed E-state index contributed by atoms with van der Waals surface area (Å²) in [6.07, 6.45) is 9.40. The van der Waals surface area contributed by atoms with Crippen LogP contribution in [-0.2, 0) is 23.7 Å². The molecule has 9 heteroatoms. The number of benzene rings is 3. The van der Waals surface area contributed by atoms with Crippen LogP contribution in [0.2, 0.25) is 0 Å². The highest BCUT2D eigenvalue weighted by atomic mass is 16.7. The predicted octanol–water partition coefficient (Wildman–Crippen LogP) is 7.68. The van der Waals surface area contributed by atoms with Crippen molar-refractivity contribution in [2.45, 2.75) is 75.8 Å². The number of hydrogen-bond donors (Lipinski definition) is 0. The molecule has 49 heavy (non-hydrogen) atoms. The van der Waals surface area contributed by atoms with E-state index in [1.807, 2.05) is 30.3 Å². The lowest BCUT2D eigenvalue weighted by Crippen LogP contribution is -2.36. The molecule has 0 bridgehead atoms. The normalized spacial score (nSPS) is 19.4. The van der Waals surface area contributed by atoms with Gasteiger partial charge in [-0.25, -0.2) is 9.59 Å². The van der Waals surface area contributed by atoms with Crippen molar-refractivity contribution < 1.29 is 42.8 Å². The van der Waals surface area contributed by atoms with E-state index in [4.69, 9.17) is 28.4 Å². The minimum absolute atomic E-state index is 0.172. The number of unbranched alkanes of at least 4 members (excludes halogenated alkanes) is 6. The number of carbonyl (C=O) groups excluding carboxylic acids is 3. The third-order valence-electron chi connectivity index (χ3n) is 8.52. The van der Waals surface area contributed by atoms with Crippen LogP contribution in [0.25, 0.3) is 11.1 Å². The smallest absolute Gasteiger partial charge is 0.343 e. The van der Waals surface area contributed by atoms with Gasteiger partial charge < -0.3 is 28.4 Å². The molecule has 0 spiro atoms. The Labute approximate surface area is 287 Å². The zero-order valence-electron chi connectivity index (χ0n) is 27.8. The van der Waals surface area contributed by atoms with Crippen LogP contribution in [0, 0.1) is 0 Å². The number of carbonyl (C=O) groups is 3. The third-order valence-corrected chi connectivity index (χ3v) is 8.52. The number of fused-ring (bicyclic) bond motifs is 1. The van der Waals surface area contributed by atoms with Gasteiger partial charge in [-0.3, -0.25) is 4.79 Å². The first-order chi connectivity index (χ1) is 23.9. The molecule has 258 valence electrons. The van der Waals surface area contributed by atoms with E-state index < -0.39 is 36.4 Å². The number of esters is 3. The highest BCUT2D eigenvalue weighted by Crippen LogP contribution is 2.32. The summed E-state index contributed by atoms with van der Waals surface area (Å²) in [6, 6.07) is 20.9. The molecule has 0 aliphatic carbocycles. The average molecular weight is 669 g/mol. The lowest BCUT2D eigenvalue weighted by atomic mass is 10.0. The molecule has 4 unspecified atom stereocenters. The molecule has 3 aromatic carbocycles. The molecule has 2 aliphatic heterocycles. The van der Waals surface area contributed by atoms with Gasteiger partial charge in [-0.1, -0.05) is 68.7 Å². The summed E-state index contributed by atoms with van der Waals surface area (Å²) in [5.41, 5.74) is 2.55. The van der Waals surface area contributed by atoms with Gasteiger partial charge in [0, 0.05) is 6.42 Å². The molecule has 2 heterocycles. The van der Waals surface area contributed by atoms with E-state index in [0.717, 1.165) is 36.8 Å². The maximum Gasteiger partial charge on any atom is 0.343 e. The minimum atomic E-state index is -0.597. The topological polar surface area (TPSA) is 107 Å². The minimum Gasteiger partial charge on any atom is -0.490 e. The molecule has 0 radical (unpaired) electrons. The Kier molecular flexibility index (Phi) is 13.2. The van der Waals surface area contributed by atoms with Crippen LogP contribution in [0.4, 0.5) is 0 Å². The van der Waals surface area contributed by atoms with Gasteiger partial charge in [-0.2, -0.15) is 0 Å². The predicted molar refractivity (Wildman–Crippen MR) is 185 cm³/mol. The zero-order chi connectivity index (χ0) is 34.4. The van der Waals surface area contributed by atoms with E-state index in [0.29, 0.717) is 35.7 Å². The monoisotopic (exact) mass is 668 g/mol. The van der Waals surface area contributed by atoms with E-state index in [2.05, 4.69) is 13.2 Å². The molecular formula is C40H44O9. The maximum atomic E-state index is 13.0. The highest BCUT2D eigenvalue weighted by Gasteiger charge is 2.51. The summed E-state index contributed by atoms with van der Waals surface area (Å²) in [7, 11) is 0. The van der Waals surface area contributed by atoms with Gasteiger partial charge in [-0.05, 0) is 78.9 Å². The molecule has 2 saturated heterocycles. The van der Waals surface area contributed by atoms with Crippen LogP contribution in [0.3, 0.4) is 0 Å². The van der Waals surface area contributed by atoms with Crippen molar-refractivity contribution in [3.8, 4) is 22.6 Å². The van der Waals surface area contributed by atoms with Crippen LogP contribution in [-0.4, -0.2) is 62.1 Å². The van der Waals surface area contributed by atoms with E-state index in [-0.39, 0.29) is 19.2 Å². The second-order valence-electron chi connectivity index (χ2n) is 12.1. The Bertz CT molecular complexity index is 1550. The second-order valence-corrected chi connectivity index (χ2v) is 12.1. The Morgan fingerprint density at radius 2 is 1.16 bits per heavy atom. The van der Waals surface area contributed by atoms with Crippen molar-refractivity contribution in [3.63, 3.8) is 0 Å². The Hall–Kier alpha value is -4.73. The molecule has 0 aromatic heterocycles. The Morgan fingerprint density at radius 3 is 1.80 bits per heavy atom. The first kappa shape index (κ1) is 35.6. The molecule has 4 atom stereocenters. The fraction of sp³-hybridized carbons (Fsp3) is 0.375. The summed E-state index contributed by atoms with van der Waals surface area (Å²) in [5, 5.41) is 0. The molecule has 9 nitrogen and oxygen atoms in total. The SMILES string of the molecule is C=CCCCCCCCCC(=O)OC1COC2C(OC(=O)c3ccc(-c4ccc(OC(=O)c5ccc(OCC=C)cc5)cc4)cc3)COC12. The summed E-state index contributed by atoms with van der Waals surface area (Å²) in [5.74, 6) is -0.171. The lowest BCUT2D eigenvalue weighted by Gasteiger charge is -2.17. The fourth-order valence-electron chi connectivity index (χ4n) is 5.85. The molecule has 5 rings (SSSR count).